The summed E-state index contributed by atoms with van der Waals surface area (Å²) < 4.78 is 6.09. The predicted molar refractivity (Wildman–Crippen MR) is 102 cm³/mol. The smallest absolute Gasteiger partial charge is 0.276 e. The van der Waals surface area contributed by atoms with E-state index < -0.39 is 6.10 Å². The van der Waals surface area contributed by atoms with Crippen LogP contribution in [0.15, 0.2) is 30.5 Å². The number of hydrogen-bond acceptors (Lipinski definition) is 6. The molecule has 148 valence electrons. The maximum absolute atomic E-state index is 12.7. The maximum Gasteiger partial charge on any atom is 0.276 e. The first-order valence-electron chi connectivity index (χ1n) is 9.64. The SMILES string of the molecule is Cc1ccc(O[C@@H]2C[C@@H]3CN(C(=O)c4ncccc4O)C[C@@H]3C[C@H]2O)c(C)n1. The van der Waals surface area contributed by atoms with Crippen LogP contribution in [0.5, 0.6) is 11.5 Å². The standard InChI is InChI=1S/C21H25N3O4/c1-12-5-6-18(13(2)23-12)28-19-9-15-11-24(10-14(15)8-17(19)26)21(27)20-16(25)4-3-7-22-20/h3-7,14-15,17,19,25-26H,8-11H2,1-2H3/t14-,15+,17+,19+/m0/s1. The first kappa shape index (κ1) is 18.7. The van der Waals surface area contributed by atoms with Gasteiger partial charge in [-0.25, -0.2) is 4.98 Å². The van der Waals surface area contributed by atoms with E-state index in [-0.39, 0.29) is 35.3 Å². The molecule has 0 bridgehead atoms. The molecule has 28 heavy (non-hydrogen) atoms. The molecule has 1 saturated heterocycles. The highest BCUT2D eigenvalue weighted by molar-refractivity contribution is 5.95. The Labute approximate surface area is 164 Å². The van der Waals surface area contributed by atoms with Gasteiger partial charge in [0.05, 0.1) is 11.8 Å². The van der Waals surface area contributed by atoms with Gasteiger partial charge in [0.1, 0.15) is 17.6 Å². The van der Waals surface area contributed by atoms with E-state index in [4.69, 9.17) is 4.74 Å². The number of carbonyl (C=O) groups excluding carboxylic acids is 1. The second kappa shape index (κ2) is 7.39. The number of aliphatic hydroxyl groups excluding tert-OH is 1. The number of amides is 1. The summed E-state index contributed by atoms with van der Waals surface area (Å²) in [4.78, 5) is 22.9. The van der Waals surface area contributed by atoms with Crippen molar-refractivity contribution in [3.63, 3.8) is 0 Å². The molecular formula is C21H25N3O4. The fourth-order valence-corrected chi connectivity index (χ4v) is 4.36. The van der Waals surface area contributed by atoms with E-state index in [9.17, 15) is 15.0 Å². The molecule has 3 heterocycles. The number of aryl methyl sites for hydroxylation is 2. The van der Waals surface area contributed by atoms with Gasteiger partial charge in [-0.05, 0) is 62.8 Å². The molecule has 2 aliphatic rings. The number of ether oxygens (including phenoxy) is 1. The van der Waals surface area contributed by atoms with Crippen LogP contribution in [0.2, 0.25) is 0 Å². The number of pyridine rings is 2. The van der Waals surface area contributed by atoms with Gasteiger partial charge in [-0.1, -0.05) is 0 Å². The van der Waals surface area contributed by atoms with Crippen LogP contribution >= 0.6 is 0 Å². The lowest BCUT2D eigenvalue weighted by atomic mass is 9.78. The molecule has 2 aromatic rings. The van der Waals surface area contributed by atoms with E-state index >= 15 is 0 Å². The summed E-state index contributed by atoms with van der Waals surface area (Å²) in [5.74, 6) is 0.797. The van der Waals surface area contributed by atoms with Crippen LogP contribution in [0.4, 0.5) is 0 Å². The zero-order valence-electron chi connectivity index (χ0n) is 16.1. The minimum atomic E-state index is -0.583. The molecule has 1 amide bonds. The third kappa shape index (κ3) is 3.54. The van der Waals surface area contributed by atoms with Gasteiger partial charge in [0.25, 0.3) is 5.91 Å². The van der Waals surface area contributed by atoms with Crippen molar-refractivity contribution in [1.29, 1.82) is 0 Å². The predicted octanol–water partition coefficient (Wildman–Crippen LogP) is 2.09. The summed E-state index contributed by atoms with van der Waals surface area (Å²) in [6.45, 7) is 4.97. The van der Waals surface area contributed by atoms with Crippen molar-refractivity contribution in [2.75, 3.05) is 13.1 Å². The molecular weight excluding hydrogens is 358 g/mol. The van der Waals surface area contributed by atoms with E-state index in [1.54, 1.807) is 11.0 Å². The lowest BCUT2D eigenvalue weighted by Gasteiger charge is -2.35. The summed E-state index contributed by atoms with van der Waals surface area (Å²) in [6, 6.07) is 6.85. The van der Waals surface area contributed by atoms with Crippen molar-refractivity contribution >= 4 is 5.91 Å². The topological polar surface area (TPSA) is 95.8 Å². The van der Waals surface area contributed by atoms with Crippen molar-refractivity contribution in [3.05, 3.63) is 47.5 Å². The van der Waals surface area contributed by atoms with Gasteiger partial charge < -0.3 is 19.8 Å². The number of hydrogen-bond donors (Lipinski definition) is 2. The summed E-state index contributed by atoms with van der Waals surface area (Å²) in [7, 11) is 0. The number of nitrogens with zero attached hydrogens (tertiary/aromatic N) is 3. The number of fused-ring (bicyclic) bond motifs is 1. The highest BCUT2D eigenvalue weighted by Gasteiger charge is 2.44. The minimum absolute atomic E-state index is 0.0795. The Kier molecular flexibility index (Phi) is 4.93. The van der Waals surface area contributed by atoms with Crippen molar-refractivity contribution in [1.82, 2.24) is 14.9 Å². The van der Waals surface area contributed by atoms with Gasteiger partial charge in [0, 0.05) is 25.0 Å². The highest BCUT2D eigenvalue weighted by Crippen LogP contribution is 2.39. The quantitative estimate of drug-likeness (QED) is 0.843. The molecule has 2 N–H and O–H groups in total. The lowest BCUT2D eigenvalue weighted by molar-refractivity contribution is -0.0236. The average Bonchev–Trinajstić information content (AvgIpc) is 3.06. The second-order valence-electron chi connectivity index (χ2n) is 7.83. The van der Waals surface area contributed by atoms with Crippen LogP contribution in [-0.4, -0.2) is 56.3 Å². The van der Waals surface area contributed by atoms with Gasteiger partial charge in [-0.3, -0.25) is 9.78 Å². The van der Waals surface area contributed by atoms with Crippen LogP contribution in [0, 0.1) is 25.7 Å². The van der Waals surface area contributed by atoms with Crippen molar-refractivity contribution in [2.45, 2.75) is 38.9 Å². The summed E-state index contributed by atoms with van der Waals surface area (Å²) in [5.41, 5.74) is 1.82. The van der Waals surface area contributed by atoms with E-state index in [0.29, 0.717) is 31.7 Å². The molecule has 0 radical (unpaired) electrons. The first-order valence-corrected chi connectivity index (χ1v) is 9.64. The Morgan fingerprint density at radius 2 is 1.93 bits per heavy atom. The van der Waals surface area contributed by atoms with Gasteiger partial charge in [-0.2, -0.15) is 0 Å². The highest BCUT2D eigenvalue weighted by atomic mass is 16.5. The number of aliphatic hydroxyl groups is 1. The Balaban J connectivity index is 1.45. The third-order valence-electron chi connectivity index (χ3n) is 5.82. The summed E-state index contributed by atoms with van der Waals surface area (Å²) in [5, 5.41) is 20.5. The van der Waals surface area contributed by atoms with Gasteiger partial charge >= 0.3 is 0 Å². The molecule has 1 aliphatic carbocycles. The van der Waals surface area contributed by atoms with Crippen LogP contribution in [0.25, 0.3) is 0 Å². The third-order valence-corrected chi connectivity index (χ3v) is 5.82. The summed E-state index contributed by atoms with van der Waals surface area (Å²) in [6.07, 6.45) is 1.87. The molecule has 4 atom stereocenters. The fourth-order valence-electron chi connectivity index (χ4n) is 4.36. The number of likely N-dealkylation sites (tertiary alicyclic amines) is 1. The zero-order valence-corrected chi connectivity index (χ0v) is 16.1. The molecule has 7 nitrogen and oxygen atoms in total. The molecule has 0 unspecified atom stereocenters. The van der Waals surface area contributed by atoms with E-state index in [2.05, 4.69) is 9.97 Å². The number of rotatable bonds is 3. The molecule has 7 heteroatoms. The second-order valence-corrected chi connectivity index (χ2v) is 7.83. The average molecular weight is 383 g/mol. The van der Waals surface area contributed by atoms with Crippen LogP contribution in [0.3, 0.4) is 0 Å². The van der Waals surface area contributed by atoms with Gasteiger partial charge in [0.15, 0.2) is 5.69 Å². The van der Waals surface area contributed by atoms with Crippen LogP contribution in [-0.2, 0) is 0 Å². The number of aromatic hydroxyl groups is 1. The zero-order chi connectivity index (χ0) is 19.8. The largest absolute Gasteiger partial charge is 0.505 e. The molecule has 4 rings (SSSR count). The van der Waals surface area contributed by atoms with Crippen molar-refractivity contribution in [3.8, 4) is 11.5 Å². The fraction of sp³-hybridized carbons (Fsp3) is 0.476. The van der Waals surface area contributed by atoms with Crippen molar-refractivity contribution < 1.29 is 19.7 Å². The minimum Gasteiger partial charge on any atom is -0.505 e. The Hall–Kier alpha value is -2.67. The van der Waals surface area contributed by atoms with E-state index in [1.165, 1.54) is 12.3 Å². The van der Waals surface area contributed by atoms with Crippen LogP contribution < -0.4 is 4.74 Å². The van der Waals surface area contributed by atoms with Crippen molar-refractivity contribution in [2.24, 2.45) is 11.8 Å². The molecule has 0 spiro atoms. The van der Waals surface area contributed by atoms with Gasteiger partial charge in [0.2, 0.25) is 0 Å². The van der Waals surface area contributed by atoms with E-state index in [0.717, 1.165) is 11.4 Å². The number of aromatic nitrogens is 2. The Bertz CT molecular complexity index is 888. The summed E-state index contributed by atoms with van der Waals surface area (Å²) >= 11 is 0. The van der Waals surface area contributed by atoms with E-state index in [1.807, 2.05) is 26.0 Å². The maximum atomic E-state index is 12.7. The molecule has 1 saturated carbocycles. The Morgan fingerprint density at radius 1 is 1.18 bits per heavy atom. The Morgan fingerprint density at radius 3 is 2.64 bits per heavy atom. The monoisotopic (exact) mass is 383 g/mol. The van der Waals surface area contributed by atoms with Crippen LogP contribution in [0.1, 0.15) is 34.7 Å². The first-order chi connectivity index (χ1) is 13.4. The lowest BCUT2D eigenvalue weighted by Crippen LogP contribution is -2.42. The normalized spacial score (nSPS) is 26.8. The molecule has 0 aromatic carbocycles. The number of carbonyl (C=O) groups is 1. The molecule has 1 aliphatic heterocycles. The molecule has 2 aromatic heterocycles. The van der Waals surface area contributed by atoms with Gasteiger partial charge in [-0.15, -0.1) is 0 Å². The molecule has 2 fully saturated rings.